The van der Waals surface area contributed by atoms with Crippen LogP contribution in [-0.4, -0.2) is 19.8 Å². The molecule has 162 valence electrons. The maximum Gasteiger partial charge on any atom is 0.124 e. The van der Waals surface area contributed by atoms with Crippen LogP contribution < -0.4 is 10.1 Å². The molecule has 0 aliphatic carbocycles. The van der Waals surface area contributed by atoms with Crippen LogP contribution in [0.25, 0.3) is 10.8 Å². The lowest BCUT2D eigenvalue weighted by molar-refractivity contribution is 0.128. The van der Waals surface area contributed by atoms with Gasteiger partial charge >= 0.3 is 0 Å². The van der Waals surface area contributed by atoms with E-state index in [4.69, 9.17) is 21.1 Å². The van der Waals surface area contributed by atoms with Crippen molar-refractivity contribution >= 4 is 34.8 Å². The van der Waals surface area contributed by atoms with Crippen LogP contribution in [0.2, 0.25) is 5.02 Å². The summed E-state index contributed by atoms with van der Waals surface area (Å²) in [6.45, 7) is 5.97. The second kappa shape index (κ2) is 13.5. The zero-order valence-electron chi connectivity index (χ0n) is 17.5. The van der Waals surface area contributed by atoms with Gasteiger partial charge in [0.05, 0.1) is 0 Å². The fourth-order valence-corrected chi connectivity index (χ4v) is 3.46. The van der Waals surface area contributed by atoms with Gasteiger partial charge in [-0.1, -0.05) is 73.5 Å². The molecule has 0 heterocycles. The van der Waals surface area contributed by atoms with E-state index in [1.807, 2.05) is 24.3 Å². The first kappa shape index (κ1) is 24.5. The van der Waals surface area contributed by atoms with Crippen LogP contribution >= 0.6 is 24.0 Å². The van der Waals surface area contributed by atoms with Crippen molar-refractivity contribution in [1.82, 2.24) is 5.32 Å². The van der Waals surface area contributed by atoms with E-state index in [0.29, 0.717) is 6.61 Å². The number of nitrogens with one attached hydrogen (secondary N) is 1. The van der Waals surface area contributed by atoms with E-state index < -0.39 is 0 Å². The van der Waals surface area contributed by atoms with Crippen molar-refractivity contribution in [2.75, 3.05) is 19.8 Å². The Morgan fingerprint density at radius 2 is 1.67 bits per heavy atom. The molecule has 0 saturated carbocycles. The lowest BCUT2D eigenvalue weighted by Gasteiger charge is -2.16. The zero-order chi connectivity index (χ0) is 20.3. The van der Waals surface area contributed by atoms with Crippen molar-refractivity contribution in [3.63, 3.8) is 0 Å². The number of benzene rings is 3. The van der Waals surface area contributed by atoms with Crippen LogP contribution in [0.15, 0.2) is 60.7 Å². The molecule has 30 heavy (non-hydrogen) atoms. The van der Waals surface area contributed by atoms with E-state index in [9.17, 15) is 0 Å². The average molecular weight is 448 g/mol. The maximum absolute atomic E-state index is 6.28. The Labute approximate surface area is 191 Å². The van der Waals surface area contributed by atoms with Crippen molar-refractivity contribution in [2.24, 2.45) is 0 Å². The molecule has 0 bridgehead atoms. The lowest BCUT2D eigenvalue weighted by Crippen LogP contribution is -2.17. The van der Waals surface area contributed by atoms with E-state index in [1.54, 1.807) is 0 Å². The van der Waals surface area contributed by atoms with Gasteiger partial charge in [0, 0.05) is 35.9 Å². The highest BCUT2D eigenvalue weighted by atomic mass is 35.5. The Hall–Kier alpha value is -1.78. The molecule has 0 fully saturated rings. The Balaban J connectivity index is 0.00000320. The molecule has 3 aromatic rings. The fourth-order valence-electron chi connectivity index (χ4n) is 3.27. The first-order valence-corrected chi connectivity index (χ1v) is 10.8. The highest BCUT2D eigenvalue weighted by Crippen LogP contribution is 2.29. The molecule has 1 N–H and O–H groups in total. The van der Waals surface area contributed by atoms with E-state index in [2.05, 4.69) is 48.6 Å². The minimum absolute atomic E-state index is 0. The van der Waals surface area contributed by atoms with Gasteiger partial charge < -0.3 is 14.8 Å². The van der Waals surface area contributed by atoms with Gasteiger partial charge in [-0.2, -0.15) is 0 Å². The average Bonchev–Trinajstić information content (AvgIpc) is 2.75. The number of hydrogen-bond acceptors (Lipinski definition) is 3. The summed E-state index contributed by atoms with van der Waals surface area (Å²) in [6.07, 6.45) is 3.32. The molecule has 0 spiro atoms. The SMILES string of the molecule is CCCCOCCCNCc1c(OCc2ccccc2Cl)ccc2ccccc12.Cl. The summed E-state index contributed by atoms with van der Waals surface area (Å²) in [5, 5.41) is 6.72. The van der Waals surface area contributed by atoms with E-state index >= 15 is 0 Å². The van der Waals surface area contributed by atoms with Crippen molar-refractivity contribution < 1.29 is 9.47 Å². The number of halogens is 2. The van der Waals surface area contributed by atoms with Crippen molar-refractivity contribution in [3.05, 3.63) is 76.8 Å². The molecule has 5 heteroatoms. The fraction of sp³-hybridized carbons (Fsp3) is 0.360. The normalized spacial score (nSPS) is 10.7. The summed E-state index contributed by atoms with van der Waals surface area (Å²) in [6, 6.07) is 20.4. The molecule has 3 nitrogen and oxygen atoms in total. The van der Waals surface area contributed by atoms with Crippen LogP contribution in [-0.2, 0) is 17.9 Å². The molecule has 3 rings (SSSR count). The molecule has 0 radical (unpaired) electrons. The summed E-state index contributed by atoms with van der Waals surface area (Å²) in [5.74, 6) is 0.898. The smallest absolute Gasteiger partial charge is 0.124 e. The molecule has 0 aromatic heterocycles. The summed E-state index contributed by atoms with van der Waals surface area (Å²) >= 11 is 6.28. The summed E-state index contributed by atoms with van der Waals surface area (Å²) < 4.78 is 11.8. The van der Waals surface area contributed by atoms with Crippen LogP contribution in [0, 0.1) is 0 Å². The Bertz CT molecular complexity index is 901. The summed E-state index contributed by atoms with van der Waals surface area (Å²) in [7, 11) is 0. The number of hydrogen-bond donors (Lipinski definition) is 1. The van der Waals surface area contributed by atoms with Gasteiger partial charge in [-0.25, -0.2) is 0 Å². The van der Waals surface area contributed by atoms with Crippen LogP contribution in [0.4, 0.5) is 0 Å². The first-order valence-electron chi connectivity index (χ1n) is 10.4. The maximum atomic E-state index is 6.28. The third-order valence-electron chi connectivity index (χ3n) is 4.92. The van der Waals surface area contributed by atoms with Crippen molar-refractivity contribution in [2.45, 2.75) is 39.3 Å². The highest BCUT2D eigenvalue weighted by molar-refractivity contribution is 6.31. The molecular weight excluding hydrogens is 417 g/mol. The van der Waals surface area contributed by atoms with Gasteiger partial charge in [0.2, 0.25) is 0 Å². The van der Waals surface area contributed by atoms with Crippen LogP contribution in [0.1, 0.15) is 37.3 Å². The van der Waals surface area contributed by atoms with Crippen molar-refractivity contribution in [3.8, 4) is 5.75 Å². The minimum Gasteiger partial charge on any atom is -0.488 e. The minimum atomic E-state index is 0. The van der Waals surface area contributed by atoms with E-state index in [-0.39, 0.29) is 12.4 Å². The second-order valence-corrected chi connectivity index (χ2v) is 7.55. The third kappa shape index (κ3) is 7.17. The largest absolute Gasteiger partial charge is 0.488 e. The zero-order valence-corrected chi connectivity index (χ0v) is 19.1. The van der Waals surface area contributed by atoms with E-state index in [1.165, 1.54) is 22.8 Å². The van der Waals surface area contributed by atoms with E-state index in [0.717, 1.165) is 55.5 Å². The quantitative estimate of drug-likeness (QED) is 0.310. The van der Waals surface area contributed by atoms with Crippen LogP contribution in [0.3, 0.4) is 0 Å². The van der Waals surface area contributed by atoms with Gasteiger partial charge in [-0.3, -0.25) is 0 Å². The van der Waals surface area contributed by atoms with Gasteiger partial charge in [0.15, 0.2) is 0 Å². The predicted octanol–water partition coefficient (Wildman–Crippen LogP) is 6.79. The number of ether oxygens (including phenoxy) is 2. The third-order valence-corrected chi connectivity index (χ3v) is 5.29. The summed E-state index contributed by atoms with van der Waals surface area (Å²) in [5.41, 5.74) is 2.17. The van der Waals surface area contributed by atoms with Crippen molar-refractivity contribution in [1.29, 1.82) is 0 Å². The monoisotopic (exact) mass is 447 g/mol. The van der Waals surface area contributed by atoms with Gasteiger partial charge in [0.1, 0.15) is 12.4 Å². The number of fused-ring (bicyclic) bond motifs is 1. The Morgan fingerprint density at radius 3 is 2.50 bits per heavy atom. The summed E-state index contributed by atoms with van der Waals surface area (Å²) in [4.78, 5) is 0. The Morgan fingerprint density at radius 1 is 0.900 bits per heavy atom. The number of rotatable bonds is 12. The van der Waals surface area contributed by atoms with Gasteiger partial charge in [-0.05, 0) is 42.3 Å². The Kier molecular flexibility index (Phi) is 11.0. The molecule has 0 unspecified atom stereocenters. The second-order valence-electron chi connectivity index (χ2n) is 7.14. The molecule has 0 amide bonds. The highest BCUT2D eigenvalue weighted by Gasteiger charge is 2.10. The molecule has 0 aliphatic rings. The van der Waals surface area contributed by atoms with Gasteiger partial charge in [-0.15, -0.1) is 12.4 Å². The first-order chi connectivity index (χ1) is 14.3. The molecule has 0 atom stereocenters. The molecule has 0 saturated heterocycles. The standard InChI is InChI=1S/C25H30ClNO2.ClH/c1-2-3-16-28-17-8-15-27-18-23-22-11-6-4-9-20(22)13-14-25(23)29-19-21-10-5-7-12-24(21)26;/h4-7,9-14,27H,2-3,8,15-19H2,1H3;1H. The topological polar surface area (TPSA) is 30.5 Å². The molecule has 3 aromatic carbocycles. The lowest BCUT2D eigenvalue weighted by atomic mass is 10.0. The number of unbranched alkanes of at least 4 members (excludes halogenated alkanes) is 1. The van der Waals surface area contributed by atoms with Gasteiger partial charge in [0.25, 0.3) is 0 Å². The predicted molar refractivity (Wildman–Crippen MR) is 129 cm³/mol. The van der Waals surface area contributed by atoms with Crippen LogP contribution in [0.5, 0.6) is 5.75 Å². The molecule has 0 aliphatic heterocycles. The molecular formula is C25H31Cl2NO2.